The van der Waals surface area contributed by atoms with E-state index in [1.807, 2.05) is 6.92 Å². The predicted octanol–water partition coefficient (Wildman–Crippen LogP) is 3.13. The minimum atomic E-state index is -3.91. The Labute approximate surface area is 130 Å². The first-order chi connectivity index (χ1) is 10.4. The van der Waals surface area contributed by atoms with Gasteiger partial charge in [-0.2, -0.15) is 8.42 Å². The second-order valence-corrected chi connectivity index (χ2v) is 6.28. The van der Waals surface area contributed by atoms with Crippen molar-refractivity contribution in [2.75, 3.05) is 7.11 Å². The molecule has 2 aromatic rings. The molecule has 0 heterocycles. The molecule has 0 radical (unpaired) electrons. The lowest BCUT2D eigenvalue weighted by atomic mass is 10.1. The number of ether oxygens (including phenoxy) is 1. The van der Waals surface area contributed by atoms with E-state index < -0.39 is 10.1 Å². The summed E-state index contributed by atoms with van der Waals surface area (Å²) in [5.74, 6) is 0.713. The van der Waals surface area contributed by atoms with Crippen molar-refractivity contribution in [2.45, 2.75) is 18.7 Å². The molecule has 0 fully saturated rings. The monoisotopic (exact) mass is 319 g/mol. The van der Waals surface area contributed by atoms with Crippen LogP contribution < -0.4 is 4.74 Å². The molecule has 0 amide bonds. The third-order valence-electron chi connectivity index (χ3n) is 3.09. The Morgan fingerprint density at radius 2 is 1.59 bits per heavy atom. The maximum absolute atomic E-state index is 12.0. The fourth-order valence-corrected chi connectivity index (χ4v) is 2.50. The molecule has 0 aliphatic carbocycles. The fourth-order valence-electron chi connectivity index (χ4n) is 1.74. The fraction of sp³-hybridized carbons (Fsp3) is 0.188. The average molecular weight is 319 g/mol. The first kappa shape index (κ1) is 16.0. The van der Waals surface area contributed by atoms with Crippen molar-refractivity contribution in [3.05, 3.63) is 59.7 Å². The van der Waals surface area contributed by atoms with E-state index in [0.29, 0.717) is 11.5 Å². The molecule has 2 aromatic carbocycles. The van der Waals surface area contributed by atoms with Crippen LogP contribution in [0.25, 0.3) is 0 Å². The molecule has 0 spiro atoms. The first-order valence-electron chi connectivity index (χ1n) is 6.62. The molecule has 0 N–H and O–H groups in total. The third kappa shape index (κ3) is 3.85. The molecule has 6 heteroatoms. The van der Waals surface area contributed by atoms with Crippen LogP contribution in [0.4, 0.5) is 0 Å². The van der Waals surface area contributed by atoms with Crippen LogP contribution in [0.1, 0.15) is 18.1 Å². The topological polar surface area (TPSA) is 65.0 Å². The lowest BCUT2D eigenvalue weighted by Crippen LogP contribution is -2.05. The average Bonchev–Trinajstić information content (AvgIpc) is 2.53. The second kappa shape index (κ2) is 6.62. The van der Waals surface area contributed by atoms with Gasteiger partial charge in [-0.3, -0.25) is 4.28 Å². The number of benzene rings is 2. The summed E-state index contributed by atoms with van der Waals surface area (Å²) in [5, 5.41) is 3.71. The molecule has 22 heavy (non-hydrogen) atoms. The highest BCUT2D eigenvalue weighted by atomic mass is 32.2. The van der Waals surface area contributed by atoms with Gasteiger partial charge in [0.1, 0.15) is 10.6 Å². The highest BCUT2D eigenvalue weighted by Gasteiger charge is 2.15. The number of oxime groups is 1. The summed E-state index contributed by atoms with van der Waals surface area (Å²) in [6.07, 6.45) is 0. The zero-order chi connectivity index (χ0) is 16.2. The summed E-state index contributed by atoms with van der Waals surface area (Å²) in [5.41, 5.74) is 2.18. The van der Waals surface area contributed by atoms with Crippen molar-refractivity contribution in [3.63, 3.8) is 0 Å². The lowest BCUT2D eigenvalue weighted by molar-refractivity contribution is 0.338. The Morgan fingerprint density at radius 3 is 2.14 bits per heavy atom. The van der Waals surface area contributed by atoms with E-state index >= 15 is 0 Å². The summed E-state index contributed by atoms with van der Waals surface area (Å²) in [6, 6.07) is 13.5. The van der Waals surface area contributed by atoms with Crippen LogP contribution in [0, 0.1) is 6.92 Å². The highest BCUT2D eigenvalue weighted by Crippen LogP contribution is 2.15. The second-order valence-electron chi connectivity index (χ2n) is 4.75. The van der Waals surface area contributed by atoms with E-state index in [1.165, 1.54) is 12.1 Å². The number of methoxy groups -OCH3 is 1. The minimum absolute atomic E-state index is 0.0735. The summed E-state index contributed by atoms with van der Waals surface area (Å²) in [7, 11) is -2.33. The standard InChI is InChI=1S/C16H17NO4S/c1-12-4-10-16(11-5-12)22(18,19)21-17-13(2)14-6-8-15(20-3)9-7-14/h4-11H,1-3H3/b17-13+. The molecular formula is C16H17NO4S. The maximum Gasteiger partial charge on any atom is 0.358 e. The predicted molar refractivity (Wildman–Crippen MR) is 84.7 cm³/mol. The van der Waals surface area contributed by atoms with E-state index in [1.54, 1.807) is 50.4 Å². The normalized spacial score (nSPS) is 12.0. The molecule has 5 nitrogen and oxygen atoms in total. The molecule has 0 saturated heterocycles. The van der Waals surface area contributed by atoms with Gasteiger partial charge in [0.15, 0.2) is 0 Å². The van der Waals surface area contributed by atoms with Gasteiger partial charge in [-0.25, -0.2) is 0 Å². The molecule has 0 aromatic heterocycles. The SMILES string of the molecule is COc1ccc(/C(C)=N/OS(=O)(=O)c2ccc(C)cc2)cc1. The Hall–Kier alpha value is -2.34. The summed E-state index contributed by atoms with van der Waals surface area (Å²) in [4.78, 5) is 0.0735. The van der Waals surface area contributed by atoms with E-state index in [9.17, 15) is 8.42 Å². The maximum atomic E-state index is 12.0. The number of aryl methyl sites for hydroxylation is 1. The molecule has 116 valence electrons. The van der Waals surface area contributed by atoms with E-state index in [4.69, 9.17) is 9.02 Å². The van der Waals surface area contributed by atoms with Gasteiger partial charge < -0.3 is 4.74 Å². The Balaban J connectivity index is 2.16. The van der Waals surface area contributed by atoms with Gasteiger partial charge in [-0.1, -0.05) is 22.9 Å². The van der Waals surface area contributed by atoms with Gasteiger partial charge in [-0.15, -0.1) is 0 Å². The highest BCUT2D eigenvalue weighted by molar-refractivity contribution is 7.86. The van der Waals surface area contributed by atoms with Crippen LogP contribution in [0.15, 0.2) is 58.6 Å². The Morgan fingerprint density at radius 1 is 1.00 bits per heavy atom. The molecule has 0 aliphatic heterocycles. The number of nitrogens with zero attached hydrogens (tertiary/aromatic N) is 1. The minimum Gasteiger partial charge on any atom is -0.497 e. The number of hydrogen-bond donors (Lipinski definition) is 0. The van der Waals surface area contributed by atoms with Crippen molar-refractivity contribution in [2.24, 2.45) is 5.16 Å². The van der Waals surface area contributed by atoms with E-state index in [2.05, 4.69) is 5.16 Å². The van der Waals surface area contributed by atoms with Crippen LogP contribution in [-0.2, 0) is 14.4 Å². The molecule has 0 bridgehead atoms. The van der Waals surface area contributed by atoms with Gasteiger partial charge in [0.25, 0.3) is 0 Å². The van der Waals surface area contributed by atoms with Crippen molar-refractivity contribution in [3.8, 4) is 5.75 Å². The van der Waals surface area contributed by atoms with Gasteiger partial charge in [0.05, 0.1) is 12.8 Å². The number of rotatable bonds is 5. The summed E-state index contributed by atoms with van der Waals surface area (Å²) >= 11 is 0. The Bertz CT molecular complexity index is 763. The van der Waals surface area contributed by atoms with Crippen LogP contribution >= 0.6 is 0 Å². The molecular weight excluding hydrogens is 302 g/mol. The van der Waals surface area contributed by atoms with E-state index in [-0.39, 0.29) is 4.90 Å². The zero-order valence-corrected chi connectivity index (χ0v) is 13.4. The zero-order valence-electron chi connectivity index (χ0n) is 12.6. The van der Waals surface area contributed by atoms with Crippen LogP contribution in [0.2, 0.25) is 0 Å². The van der Waals surface area contributed by atoms with Crippen LogP contribution in [-0.4, -0.2) is 21.2 Å². The van der Waals surface area contributed by atoms with Gasteiger partial charge in [0.2, 0.25) is 0 Å². The molecule has 0 unspecified atom stereocenters. The van der Waals surface area contributed by atoms with E-state index in [0.717, 1.165) is 11.1 Å². The summed E-state index contributed by atoms with van der Waals surface area (Å²) < 4.78 is 33.9. The largest absolute Gasteiger partial charge is 0.497 e. The smallest absolute Gasteiger partial charge is 0.358 e. The molecule has 0 saturated carbocycles. The quantitative estimate of drug-likeness (QED) is 0.627. The van der Waals surface area contributed by atoms with Gasteiger partial charge in [-0.05, 0) is 55.8 Å². The van der Waals surface area contributed by atoms with Crippen molar-refractivity contribution in [1.82, 2.24) is 0 Å². The molecule has 0 aliphatic rings. The Kier molecular flexibility index (Phi) is 4.82. The first-order valence-corrected chi connectivity index (χ1v) is 8.02. The van der Waals surface area contributed by atoms with Crippen LogP contribution in [0.3, 0.4) is 0 Å². The third-order valence-corrected chi connectivity index (χ3v) is 4.21. The lowest BCUT2D eigenvalue weighted by Gasteiger charge is -2.05. The van der Waals surface area contributed by atoms with Crippen molar-refractivity contribution < 1.29 is 17.4 Å². The number of hydrogen-bond acceptors (Lipinski definition) is 5. The van der Waals surface area contributed by atoms with Crippen LogP contribution in [0.5, 0.6) is 5.75 Å². The molecule has 0 atom stereocenters. The van der Waals surface area contributed by atoms with Crippen molar-refractivity contribution in [1.29, 1.82) is 0 Å². The van der Waals surface area contributed by atoms with Crippen molar-refractivity contribution >= 4 is 15.8 Å². The van der Waals surface area contributed by atoms with Gasteiger partial charge >= 0.3 is 10.1 Å². The van der Waals surface area contributed by atoms with Gasteiger partial charge in [0, 0.05) is 0 Å². The summed E-state index contributed by atoms with van der Waals surface area (Å²) in [6.45, 7) is 3.55. The molecule has 2 rings (SSSR count).